The second kappa shape index (κ2) is 5.51. The number of carboxylic acid groups (broad SMARTS) is 1. The van der Waals surface area contributed by atoms with Crippen molar-refractivity contribution in [1.82, 2.24) is 14.9 Å². The zero-order chi connectivity index (χ0) is 13.8. The van der Waals surface area contributed by atoms with Gasteiger partial charge in [-0.1, -0.05) is 12.1 Å². The Balaban J connectivity index is 2.00. The molecule has 1 heterocycles. The summed E-state index contributed by atoms with van der Waals surface area (Å²) in [7, 11) is 0. The van der Waals surface area contributed by atoms with Crippen LogP contribution < -0.4 is 5.32 Å². The Kier molecular flexibility index (Phi) is 3.79. The Morgan fingerprint density at radius 3 is 2.84 bits per heavy atom. The molecule has 19 heavy (non-hydrogen) atoms. The Labute approximate surface area is 110 Å². The number of hydrogen-bond acceptors (Lipinski definition) is 3. The molecule has 0 fully saturated rings. The first-order chi connectivity index (χ1) is 9.08. The molecule has 0 aliphatic heterocycles. The van der Waals surface area contributed by atoms with Crippen LogP contribution in [0.2, 0.25) is 0 Å². The average molecular weight is 261 g/mol. The Morgan fingerprint density at radius 1 is 1.37 bits per heavy atom. The standard InChI is InChI=1S/C13H15N3O3/c1-9-15-10-4-2-3-5-11(10)16(9)7-6-14-12(17)8-13(18)19/h2-5H,6-8H2,1H3,(H,14,17)(H,18,19). The minimum absolute atomic E-state index is 0.382. The van der Waals surface area contributed by atoms with Gasteiger partial charge in [-0.05, 0) is 19.1 Å². The zero-order valence-electron chi connectivity index (χ0n) is 10.6. The number of aliphatic carboxylic acids is 1. The second-order valence-corrected chi connectivity index (χ2v) is 4.22. The zero-order valence-corrected chi connectivity index (χ0v) is 10.6. The number of aryl methyl sites for hydroxylation is 1. The molecule has 0 radical (unpaired) electrons. The number of carboxylic acids is 1. The van der Waals surface area contributed by atoms with E-state index in [0.29, 0.717) is 13.1 Å². The van der Waals surface area contributed by atoms with Crippen LogP contribution in [0.1, 0.15) is 12.2 Å². The number of fused-ring (bicyclic) bond motifs is 1. The number of imidazole rings is 1. The molecule has 0 unspecified atom stereocenters. The average Bonchev–Trinajstić information content (AvgIpc) is 2.65. The summed E-state index contributed by atoms with van der Waals surface area (Å²) in [6, 6.07) is 7.76. The summed E-state index contributed by atoms with van der Waals surface area (Å²) in [5.41, 5.74) is 1.92. The van der Waals surface area contributed by atoms with Crippen LogP contribution in [0.15, 0.2) is 24.3 Å². The highest BCUT2D eigenvalue weighted by Crippen LogP contribution is 2.14. The second-order valence-electron chi connectivity index (χ2n) is 4.22. The van der Waals surface area contributed by atoms with Crippen LogP contribution in [0.25, 0.3) is 11.0 Å². The summed E-state index contributed by atoms with van der Waals surface area (Å²) in [5.74, 6) is -0.731. The molecule has 1 amide bonds. The van der Waals surface area contributed by atoms with Crippen LogP contribution in [0.5, 0.6) is 0 Å². The summed E-state index contributed by atoms with van der Waals surface area (Å²) >= 11 is 0. The summed E-state index contributed by atoms with van der Waals surface area (Å²) < 4.78 is 2.00. The van der Waals surface area contributed by atoms with Gasteiger partial charge in [0.1, 0.15) is 12.2 Å². The number of para-hydroxylation sites is 2. The van der Waals surface area contributed by atoms with Crippen molar-refractivity contribution in [2.45, 2.75) is 19.9 Å². The fraction of sp³-hybridized carbons (Fsp3) is 0.308. The molecule has 100 valence electrons. The monoisotopic (exact) mass is 261 g/mol. The van der Waals surface area contributed by atoms with E-state index in [2.05, 4.69) is 10.3 Å². The van der Waals surface area contributed by atoms with E-state index in [1.807, 2.05) is 35.8 Å². The van der Waals surface area contributed by atoms with Crippen molar-refractivity contribution in [3.63, 3.8) is 0 Å². The largest absolute Gasteiger partial charge is 0.481 e. The van der Waals surface area contributed by atoms with Crippen molar-refractivity contribution >= 4 is 22.9 Å². The predicted octanol–water partition coefficient (Wildman–Crippen LogP) is 0.936. The van der Waals surface area contributed by atoms with Gasteiger partial charge >= 0.3 is 5.97 Å². The van der Waals surface area contributed by atoms with Crippen LogP contribution >= 0.6 is 0 Å². The third-order valence-corrected chi connectivity index (χ3v) is 2.81. The number of benzene rings is 1. The summed E-state index contributed by atoms with van der Waals surface area (Å²) in [6.07, 6.45) is -0.496. The number of hydrogen-bond donors (Lipinski definition) is 2. The third-order valence-electron chi connectivity index (χ3n) is 2.81. The molecular weight excluding hydrogens is 246 g/mol. The molecule has 0 saturated carbocycles. The molecule has 2 N–H and O–H groups in total. The number of rotatable bonds is 5. The number of carbonyl (C=O) groups excluding carboxylic acids is 1. The van der Waals surface area contributed by atoms with E-state index >= 15 is 0 Å². The lowest BCUT2D eigenvalue weighted by molar-refractivity contribution is -0.140. The molecule has 1 aromatic carbocycles. The molecule has 2 aromatic rings. The number of nitrogens with one attached hydrogen (secondary N) is 1. The number of aromatic nitrogens is 2. The van der Waals surface area contributed by atoms with Gasteiger partial charge in [-0.25, -0.2) is 4.98 Å². The minimum Gasteiger partial charge on any atom is -0.481 e. The van der Waals surface area contributed by atoms with E-state index in [-0.39, 0.29) is 0 Å². The molecule has 0 bridgehead atoms. The van der Waals surface area contributed by atoms with Crippen molar-refractivity contribution in [3.8, 4) is 0 Å². The molecule has 0 saturated heterocycles. The van der Waals surface area contributed by atoms with Gasteiger partial charge in [-0.2, -0.15) is 0 Å². The van der Waals surface area contributed by atoms with Gasteiger partial charge in [0.2, 0.25) is 5.91 Å². The normalized spacial score (nSPS) is 10.6. The number of amides is 1. The van der Waals surface area contributed by atoms with Crippen LogP contribution in [0.4, 0.5) is 0 Å². The van der Waals surface area contributed by atoms with Crippen LogP contribution in [-0.4, -0.2) is 33.1 Å². The predicted molar refractivity (Wildman–Crippen MR) is 69.7 cm³/mol. The fourth-order valence-corrected chi connectivity index (χ4v) is 1.99. The van der Waals surface area contributed by atoms with Crippen molar-refractivity contribution in [2.24, 2.45) is 0 Å². The highest BCUT2D eigenvalue weighted by atomic mass is 16.4. The highest BCUT2D eigenvalue weighted by Gasteiger charge is 2.08. The van der Waals surface area contributed by atoms with Crippen LogP contribution in [0, 0.1) is 6.92 Å². The molecule has 0 aliphatic carbocycles. The van der Waals surface area contributed by atoms with E-state index in [4.69, 9.17) is 5.11 Å². The fourth-order valence-electron chi connectivity index (χ4n) is 1.99. The van der Waals surface area contributed by atoms with Gasteiger partial charge < -0.3 is 15.0 Å². The van der Waals surface area contributed by atoms with Gasteiger partial charge in [0.25, 0.3) is 0 Å². The van der Waals surface area contributed by atoms with Gasteiger partial charge in [-0.15, -0.1) is 0 Å². The maximum Gasteiger partial charge on any atom is 0.312 e. The molecule has 2 rings (SSSR count). The maximum absolute atomic E-state index is 11.2. The summed E-state index contributed by atoms with van der Waals surface area (Å²) in [4.78, 5) is 26.0. The van der Waals surface area contributed by atoms with E-state index < -0.39 is 18.3 Å². The lowest BCUT2D eigenvalue weighted by Crippen LogP contribution is -2.29. The van der Waals surface area contributed by atoms with E-state index in [0.717, 1.165) is 16.9 Å². The van der Waals surface area contributed by atoms with Crippen molar-refractivity contribution in [3.05, 3.63) is 30.1 Å². The lowest BCUT2D eigenvalue weighted by Gasteiger charge is -2.07. The molecule has 0 aliphatic rings. The van der Waals surface area contributed by atoms with Crippen LogP contribution in [-0.2, 0) is 16.1 Å². The SMILES string of the molecule is Cc1nc2ccccc2n1CCNC(=O)CC(=O)O. The van der Waals surface area contributed by atoms with Crippen molar-refractivity contribution in [1.29, 1.82) is 0 Å². The highest BCUT2D eigenvalue weighted by molar-refractivity contribution is 5.93. The molecular formula is C13H15N3O3. The van der Waals surface area contributed by atoms with Gasteiger partial charge in [0, 0.05) is 13.1 Å². The topological polar surface area (TPSA) is 84.2 Å². The molecule has 0 spiro atoms. The molecule has 0 atom stereocenters. The van der Waals surface area contributed by atoms with Gasteiger partial charge in [0.15, 0.2) is 0 Å². The summed E-state index contributed by atoms with van der Waals surface area (Å²) in [6.45, 7) is 2.85. The molecule has 6 nitrogen and oxygen atoms in total. The van der Waals surface area contributed by atoms with Crippen LogP contribution in [0.3, 0.4) is 0 Å². The van der Waals surface area contributed by atoms with E-state index in [1.54, 1.807) is 0 Å². The van der Waals surface area contributed by atoms with Crippen molar-refractivity contribution < 1.29 is 14.7 Å². The van der Waals surface area contributed by atoms with Gasteiger partial charge in [-0.3, -0.25) is 9.59 Å². The number of carbonyl (C=O) groups is 2. The Morgan fingerprint density at radius 2 is 2.11 bits per heavy atom. The van der Waals surface area contributed by atoms with Gasteiger partial charge in [0.05, 0.1) is 11.0 Å². The lowest BCUT2D eigenvalue weighted by atomic mass is 10.3. The van der Waals surface area contributed by atoms with Crippen molar-refractivity contribution in [2.75, 3.05) is 6.54 Å². The van der Waals surface area contributed by atoms with E-state index in [9.17, 15) is 9.59 Å². The molecule has 6 heteroatoms. The van der Waals surface area contributed by atoms with E-state index in [1.165, 1.54) is 0 Å². The first-order valence-electron chi connectivity index (χ1n) is 5.98. The Hall–Kier alpha value is -2.37. The minimum atomic E-state index is -1.12. The molecule has 1 aromatic heterocycles. The number of nitrogens with zero attached hydrogens (tertiary/aromatic N) is 2. The first kappa shape index (κ1) is 13.1. The third kappa shape index (κ3) is 3.09. The Bertz CT molecular complexity index is 619. The maximum atomic E-state index is 11.2. The quantitative estimate of drug-likeness (QED) is 0.784. The first-order valence-corrected chi connectivity index (χ1v) is 5.98. The summed E-state index contributed by atoms with van der Waals surface area (Å²) in [5, 5.41) is 11.1. The smallest absolute Gasteiger partial charge is 0.312 e.